The van der Waals surface area contributed by atoms with E-state index in [1.165, 1.54) is 76.2 Å². The monoisotopic (exact) mass is 418 g/mol. The van der Waals surface area contributed by atoms with Crippen molar-refractivity contribution < 1.29 is 0 Å². The first-order chi connectivity index (χ1) is 12.8. The molecule has 146 valence electrons. The summed E-state index contributed by atoms with van der Waals surface area (Å²) >= 11 is 3.82. The normalized spacial score (nSPS) is 12.2. The lowest BCUT2D eigenvalue weighted by molar-refractivity contribution is 0.456. The largest absolute Gasteiger partial charge is 0.103 e. The van der Waals surface area contributed by atoms with E-state index in [1.807, 2.05) is 0 Å². The molecule has 0 heterocycles. The van der Waals surface area contributed by atoms with Crippen LogP contribution in [0.2, 0.25) is 0 Å². The van der Waals surface area contributed by atoms with Gasteiger partial charge in [-0.15, -0.1) is 13.2 Å². The molecule has 1 heteroatoms. The number of halogens is 1. The molecule has 0 spiro atoms. The summed E-state index contributed by atoms with van der Waals surface area (Å²) in [5.41, 5.74) is 1.41. The first kappa shape index (κ1) is 23.2. The fourth-order valence-electron chi connectivity index (χ4n) is 3.63. The Morgan fingerprint density at radius 3 is 1.65 bits per heavy atom. The van der Waals surface area contributed by atoms with Crippen molar-refractivity contribution in [2.45, 2.75) is 88.3 Å². The Kier molecular flexibility index (Phi) is 14.6. The van der Waals surface area contributed by atoms with E-state index in [9.17, 15) is 0 Å². The molecule has 0 aromatic heterocycles. The summed E-state index contributed by atoms with van der Waals surface area (Å²) in [6, 6.07) is 10.8. The van der Waals surface area contributed by atoms with E-state index >= 15 is 0 Å². The minimum absolute atomic E-state index is 0.523. The van der Waals surface area contributed by atoms with Gasteiger partial charge in [0.2, 0.25) is 0 Å². The molecule has 0 N–H and O–H groups in total. The predicted molar refractivity (Wildman–Crippen MR) is 122 cm³/mol. The molecule has 0 aliphatic carbocycles. The molecule has 0 amide bonds. The van der Waals surface area contributed by atoms with Crippen LogP contribution >= 0.6 is 15.9 Å². The highest BCUT2D eigenvalue weighted by molar-refractivity contribution is 9.09. The van der Waals surface area contributed by atoms with E-state index in [0.717, 1.165) is 18.8 Å². The van der Waals surface area contributed by atoms with Gasteiger partial charge >= 0.3 is 0 Å². The fourth-order valence-corrected chi connectivity index (χ4v) is 4.25. The number of benzene rings is 1. The van der Waals surface area contributed by atoms with Gasteiger partial charge in [-0.3, -0.25) is 0 Å². The van der Waals surface area contributed by atoms with Gasteiger partial charge in [-0.25, -0.2) is 0 Å². The SMILES string of the molecule is C=CCC(CC=C)CCCCCCCCCCCC(Br)c1ccccc1. The lowest BCUT2D eigenvalue weighted by Gasteiger charge is -2.12. The van der Waals surface area contributed by atoms with Gasteiger partial charge in [0.1, 0.15) is 0 Å². The third kappa shape index (κ3) is 11.7. The zero-order valence-corrected chi connectivity index (χ0v) is 18.3. The van der Waals surface area contributed by atoms with Crippen molar-refractivity contribution >= 4 is 15.9 Å². The van der Waals surface area contributed by atoms with Crippen LogP contribution in [-0.2, 0) is 0 Å². The molecule has 26 heavy (non-hydrogen) atoms. The molecule has 0 saturated heterocycles. The van der Waals surface area contributed by atoms with Crippen LogP contribution in [0, 0.1) is 5.92 Å². The minimum Gasteiger partial charge on any atom is -0.103 e. The van der Waals surface area contributed by atoms with Crippen molar-refractivity contribution in [1.82, 2.24) is 0 Å². The van der Waals surface area contributed by atoms with E-state index in [-0.39, 0.29) is 0 Å². The molecule has 1 atom stereocenters. The second kappa shape index (κ2) is 16.4. The zero-order chi connectivity index (χ0) is 18.9. The van der Waals surface area contributed by atoms with Crippen LogP contribution in [0.15, 0.2) is 55.6 Å². The second-order valence-corrected chi connectivity index (χ2v) is 8.66. The summed E-state index contributed by atoms with van der Waals surface area (Å²) in [7, 11) is 0. The van der Waals surface area contributed by atoms with Crippen LogP contribution in [0.3, 0.4) is 0 Å². The molecule has 0 aliphatic rings. The quantitative estimate of drug-likeness (QED) is 0.134. The fraction of sp³-hybridized carbons (Fsp3) is 0.600. The molecular formula is C25H39Br. The lowest BCUT2D eigenvalue weighted by Crippen LogP contribution is -1.97. The van der Waals surface area contributed by atoms with Crippen molar-refractivity contribution in [2.75, 3.05) is 0 Å². The van der Waals surface area contributed by atoms with E-state index in [0.29, 0.717) is 4.83 Å². The Morgan fingerprint density at radius 1 is 0.692 bits per heavy atom. The van der Waals surface area contributed by atoms with Gasteiger partial charge in [0.05, 0.1) is 0 Å². The highest BCUT2D eigenvalue weighted by Gasteiger charge is 2.06. The highest BCUT2D eigenvalue weighted by atomic mass is 79.9. The van der Waals surface area contributed by atoms with Crippen molar-refractivity contribution in [1.29, 1.82) is 0 Å². The van der Waals surface area contributed by atoms with Gasteiger partial charge in [-0.2, -0.15) is 0 Å². The first-order valence-electron chi connectivity index (χ1n) is 10.7. The molecule has 1 rings (SSSR count). The van der Waals surface area contributed by atoms with Crippen LogP contribution in [0.25, 0.3) is 0 Å². The maximum Gasteiger partial charge on any atom is 0.0395 e. The molecular weight excluding hydrogens is 380 g/mol. The standard InChI is InChI=1S/C25H39Br/c1-3-17-23(18-4-2)19-13-10-8-6-5-7-9-11-16-22-25(26)24-20-14-12-15-21-24/h3-4,12,14-15,20-21,23,25H,1-2,5-11,13,16-19,22H2. The van der Waals surface area contributed by atoms with Gasteiger partial charge < -0.3 is 0 Å². The molecule has 1 aromatic rings. The smallest absolute Gasteiger partial charge is 0.0395 e. The zero-order valence-electron chi connectivity index (χ0n) is 16.7. The lowest BCUT2D eigenvalue weighted by atomic mass is 9.94. The van der Waals surface area contributed by atoms with Crippen molar-refractivity contribution in [3.8, 4) is 0 Å². The molecule has 0 aliphatic heterocycles. The Labute approximate surface area is 171 Å². The summed E-state index contributed by atoms with van der Waals surface area (Å²) in [6.07, 6.45) is 21.5. The summed E-state index contributed by atoms with van der Waals surface area (Å²) in [4.78, 5) is 0.523. The topological polar surface area (TPSA) is 0 Å². The van der Waals surface area contributed by atoms with Crippen molar-refractivity contribution in [2.24, 2.45) is 5.92 Å². The Balaban J connectivity index is 1.89. The number of allylic oxidation sites excluding steroid dienone is 2. The molecule has 0 saturated carbocycles. The third-order valence-electron chi connectivity index (χ3n) is 5.23. The van der Waals surface area contributed by atoms with Crippen molar-refractivity contribution in [3.63, 3.8) is 0 Å². The summed E-state index contributed by atoms with van der Waals surface area (Å²) in [5, 5.41) is 0. The highest BCUT2D eigenvalue weighted by Crippen LogP contribution is 2.28. The van der Waals surface area contributed by atoms with Crippen LogP contribution in [0.1, 0.15) is 93.9 Å². The number of hydrogen-bond acceptors (Lipinski definition) is 0. The van der Waals surface area contributed by atoms with Gasteiger partial charge in [0.25, 0.3) is 0 Å². The Hall–Kier alpha value is -0.820. The van der Waals surface area contributed by atoms with Gasteiger partial charge in [-0.1, -0.05) is 116 Å². The molecule has 0 bridgehead atoms. The average Bonchev–Trinajstić information content (AvgIpc) is 2.67. The summed E-state index contributed by atoms with van der Waals surface area (Å²) in [5.74, 6) is 0.777. The average molecular weight is 419 g/mol. The number of rotatable bonds is 17. The van der Waals surface area contributed by atoms with Crippen LogP contribution in [0.4, 0.5) is 0 Å². The second-order valence-electron chi connectivity index (χ2n) is 7.55. The molecule has 0 radical (unpaired) electrons. The predicted octanol–water partition coefficient (Wildman–Crippen LogP) is 9.18. The van der Waals surface area contributed by atoms with E-state index in [2.05, 4.69) is 71.6 Å². The van der Waals surface area contributed by atoms with E-state index < -0.39 is 0 Å². The minimum atomic E-state index is 0.523. The summed E-state index contributed by atoms with van der Waals surface area (Å²) < 4.78 is 0. The third-order valence-corrected chi connectivity index (χ3v) is 6.22. The first-order valence-corrected chi connectivity index (χ1v) is 11.6. The Bertz CT molecular complexity index is 440. The molecule has 1 aromatic carbocycles. The maximum atomic E-state index is 3.87. The maximum absolute atomic E-state index is 3.87. The van der Waals surface area contributed by atoms with Gasteiger partial charge in [0.15, 0.2) is 0 Å². The molecule has 0 fully saturated rings. The Morgan fingerprint density at radius 2 is 1.15 bits per heavy atom. The van der Waals surface area contributed by atoms with Gasteiger partial charge in [0, 0.05) is 4.83 Å². The number of alkyl halides is 1. The summed E-state index contributed by atoms with van der Waals surface area (Å²) in [6.45, 7) is 7.74. The van der Waals surface area contributed by atoms with Crippen LogP contribution in [-0.4, -0.2) is 0 Å². The van der Waals surface area contributed by atoms with Crippen LogP contribution in [0.5, 0.6) is 0 Å². The van der Waals surface area contributed by atoms with Crippen molar-refractivity contribution in [3.05, 3.63) is 61.2 Å². The molecule has 1 unspecified atom stereocenters. The molecule has 0 nitrogen and oxygen atoms in total. The van der Waals surface area contributed by atoms with Crippen LogP contribution < -0.4 is 0 Å². The van der Waals surface area contributed by atoms with Gasteiger partial charge in [-0.05, 0) is 37.2 Å². The van der Waals surface area contributed by atoms with E-state index in [1.54, 1.807) is 0 Å². The van der Waals surface area contributed by atoms with E-state index in [4.69, 9.17) is 0 Å². The number of hydrogen-bond donors (Lipinski definition) is 0. The number of unbranched alkanes of at least 4 members (excludes halogenated alkanes) is 8.